The van der Waals surface area contributed by atoms with Crippen LogP contribution < -0.4 is 0 Å². The van der Waals surface area contributed by atoms with E-state index >= 15 is 0 Å². The molecule has 2 unspecified atom stereocenters. The van der Waals surface area contributed by atoms with Crippen molar-refractivity contribution in [1.82, 2.24) is 0 Å². The predicted octanol–water partition coefficient (Wildman–Crippen LogP) is 6.18. The average Bonchev–Trinajstić information content (AvgIpc) is 2.63. The molecule has 2 nitrogen and oxygen atoms in total. The molecule has 2 fully saturated rings. The second kappa shape index (κ2) is 9.22. The molecular formula is C21H31ClO2. The lowest BCUT2D eigenvalue weighted by molar-refractivity contribution is -0.138. The first-order chi connectivity index (χ1) is 11.7. The van der Waals surface area contributed by atoms with Gasteiger partial charge < -0.3 is 9.47 Å². The van der Waals surface area contributed by atoms with Crippen molar-refractivity contribution in [3.8, 4) is 0 Å². The van der Waals surface area contributed by atoms with Gasteiger partial charge in [0, 0.05) is 5.02 Å². The minimum atomic E-state index is 0.0583. The van der Waals surface area contributed by atoms with Gasteiger partial charge in [0.15, 0.2) is 0 Å². The molecule has 1 saturated heterocycles. The van der Waals surface area contributed by atoms with Gasteiger partial charge in [0.2, 0.25) is 0 Å². The van der Waals surface area contributed by atoms with E-state index in [1.165, 1.54) is 44.9 Å². The molecule has 0 aromatic heterocycles. The van der Waals surface area contributed by atoms with Crippen molar-refractivity contribution >= 4 is 11.6 Å². The molecule has 1 aliphatic carbocycles. The van der Waals surface area contributed by atoms with Crippen LogP contribution >= 0.6 is 11.6 Å². The standard InChI is InChI=1S/C21H31ClO2/c1-2-3-16-4-6-17(7-5-16)8-13-20-14-24-21(15-23-20)18-9-11-19(22)12-10-18/h9-12,16-17,20-21H,2-8,13-15H2,1H3/t16-,17-,20?,21?. The maximum atomic E-state index is 6.07. The van der Waals surface area contributed by atoms with Gasteiger partial charge in [0.05, 0.1) is 19.3 Å². The Kier molecular flexibility index (Phi) is 7.00. The number of rotatable bonds is 6. The fraction of sp³-hybridized carbons (Fsp3) is 0.714. The number of hydrogen-bond acceptors (Lipinski definition) is 2. The van der Waals surface area contributed by atoms with Crippen LogP contribution in [0.3, 0.4) is 0 Å². The quantitative estimate of drug-likeness (QED) is 0.609. The third-order valence-electron chi connectivity index (χ3n) is 5.77. The summed E-state index contributed by atoms with van der Waals surface area (Å²) >= 11 is 5.94. The van der Waals surface area contributed by atoms with Crippen molar-refractivity contribution < 1.29 is 9.47 Å². The van der Waals surface area contributed by atoms with Gasteiger partial charge in [-0.3, -0.25) is 0 Å². The van der Waals surface area contributed by atoms with Crippen molar-refractivity contribution in [2.24, 2.45) is 11.8 Å². The first-order valence-electron chi connectivity index (χ1n) is 9.73. The third-order valence-corrected chi connectivity index (χ3v) is 6.02. The maximum absolute atomic E-state index is 6.07. The van der Waals surface area contributed by atoms with Crippen LogP contribution in [-0.2, 0) is 9.47 Å². The summed E-state index contributed by atoms with van der Waals surface area (Å²) in [5, 5.41) is 0.766. The summed E-state index contributed by atoms with van der Waals surface area (Å²) in [5.74, 6) is 1.91. The van der Waals surface area contributed by atoms with Gasteiger partial charge in [-0.1, -0.05) is 69.2 Å². The molecule has 0 N–H and O–H groups in total. The Morgan fingerprint density at radius 2 is 1.54 bits per heavy atom. The Bertz CT molecular complexity index is 471. The Morgan fingerprint density at radius 3 is 2.12 bits per heavy atom. The summed E-state index contributed by atoms with van der Waals surface area (Å²) in [6, 6.07) is 7.90. The number of halogens is 1. The van der Waals surface area contributed by atoms with Gasteiger partial charge >= 0.3 is 0 Å². The van der Waals surface area contributed by atoms with Crippen LogP contribution in [0.15, 0.2) is 24.3 Å². The van der Waals surface area contributed by atoms with Gasteiger partial charge in [-0.2, -0.15) is 0 Å². The molecule has 3 heteroatoms. The fourth-order valence-electron chi connectivity index (χ4n) is 4.22. The Labute approximate surface area is 151 Å². The van der Waals surface area contributed by atoms with E-state index in [1.807, 2.05) is 24.3 Å². The van der Waals surface area contributed by atoms with Crippen LogP contribution in [0.1, 0.15) is 70.0 Å². The van der Waals surface area contributed by atoms with Gasteiger partial charge in [0.1, 0.15) is 6.10 Å². The molecule has 134 valence electrons. The average molecular weight is 351 g/mol. The molecule has 1 aliphatic heterocycles. The van der Waals surface area contributed by atoms with Gasteiger partial charge in [0.25, 0.3) is 0 Å². The molecule has 0 radical (unpaired) electrons. The second-order valence-electron chi connectivity index (χ2n) is 7.58. The van der Waals surface area contributed by atoms with E-state index in [1.54, 1.807) is 0 Å². The summed E-state index contributed by atoms with van der Waals surface area (Å²) in [7, 11) is 0. The van der Waals surface area contributed by atoms with Gasteiger partial charge in [-0.15, -0.1) is 0 Å². The number of ether oxygens (including phenoxy) is 2. The molecule has 1 saturated carbocycles. The zero-order valence-electron chi connectivity index (χ0n) is 14.9. The lowest BCUT2D eigenvalue weighted by Gasteiger charge is -2.32. The van der Waals surface area contributed by atoms with Crippen LogP contribution in [0.4, 0.5) is 0 Å². The van der Waals surface area contributed by atoms with Crippen molar-refractivity contribution in [3.05, 3.63) is 34.9 Å². The highest BCUT2D eigenvalue weighted by Gasteiger charge is 2.26. The van der Waals surface area contributed by atoms with E-state index in [0.717, 1.165) is 35.4 Å². The fourth-order valence-corrected chi connectivity index (χ4v) is 4.34. The van der Waals surface area contributed by atoms with Crippen molar-refractivity contribution in [3.63, 3.8) is 0 Å². The second-order valence-corrected chi connectivity index (χ2v) is 8.02. The van der Waals surface area contributed by atoms with E-state index in [2.05, 4.69) is 6.92 Å². The van der Waals surface area contributed by atoms with E-state index in [0.29, 0.717) is 6.61 Å². The molecule has 1 aromatic rings. The monoisotopic (exact) mass is 350 g/mol. The lowest BCUT2D eigenvalue weighted by Crippen LogP contribution is -2.31. The lowest BCUT2D eigenvalue weighted by atomic mass is 9.78. The summed E-state index contributed by atoms with van der Waals surface area (Å²) in [6.07, 6.45) is 11.3. The summed E-state index contributed by atoms with van der Waals surface area (Å²) in [4.78, 5) is 0. The minimum absolute atomic E-state index is 0.0583. The Morgan fingerprint density at radius 1 is 0.875 bits per heavy atom. The van der Waals surface area contributed by atoms with Crippen LogP contribution in [-0.4, -0.2) is 19.3 Å². The Balaban J connectivity index is 1.35. The molecule has 2 aliphatic rings. The normalized spacial score (nSPS) is 31.1. The van der Waals surface area contributed by atoms with Crippen LogP contribution in [0.25, 0.3) is 0 Å². The van der Waals surface area contributed by atoms with Crippen LogP contribution in [0, 0.1) is 11.8 Å². The predicted molar refractivity (Wildman–Crippen MR) is 99.5 cm³/mol. The molecular weight excluding hydrogens is 320 g/mol. The number of hydrogen-bond donors (Lipinski definition) is 0. The van der Waals surface area contributed by atoms with Crippen LogP contribution in [0.5, 0.6) is 0 Å². The zero-order valence-corrected chi connectivity index (χ0v) is 15.6. The topological polar surface area (TPSA) is 18.5 Å². The van der Waals surface area contributed by atoms with E-state index in [4.69, 9.17) is 21.1 Å². The van der Waals surface area contributed by atoms with E-state index < -0.39 is 0 Å². The van der Waals surface area contributed by atoms with Gasteiger partial charge in [-0.05, 0) is 42.4 Å². The molecule has 24 heavy (non-hydrogen) atoms. The molecule has 0 spiro atoms. The van der Waals surface area contributed by atoms with Crippen molar-refractivity contribution in [2.45, 2.75) is 70.5 Å². The van der Waals surface area contributed by atoms with Crippen molar-refractivity contribution in [1.29, 1.82) is 0 Å². The third kappa shape index (κ3) is 5.21. The largest absolute Gasteiger partial charge is 0.373 e. The SMILES string of the molecule is CCC[C@H]1CC[C@H](CCC2COC(c3ccc(Cl)cc3)CO2)CC1. The van der Waals surface area contributed by atoms with Gasteiger partial charge in [-0.25, -0.2) is 0 Å². The number of benzene rings is 1. The molecule has 1 heterocycles. The van der Waals surface area contributed by atoms with Crippen LogP contribution in [0.2, 0.25) is 5.02 Å². The maximum Gasteiger partial charge on any atom is 0.106 e. The minimum Gasteiger partial charge on any atom is -0.373 e. The van der Waals surface area contributed by atoms with E-state index in [-0.39, 0.29) is 12.2 Å². The summed E-state index contributed by atoms with van der Waals surface area (Å²) in [5.41, 5.74) is 1.16. The molecule has 0 bridgehead atoms. The first kappa shape index (κ1) is 18.2. The molecule has 2 atom stereocenters. The zero-order chi connectivity index (χ0) is 16.8. The molecule has 1 aromatic carbocycles. The first-order valence-corrected chi connectivity index (χ1v) is 10.1. The highest BCUT2D eigenvalue weighted by Crippen LogP contribution is 2.35. The van der Waals surface area contributed by atoms with E-state index in [9.17, 15) is 0 Å². The smallest absolute Gasteiger partial charge is 0.106 e. The van der Waals surface area contributed by atoms with Crippen molar-refractivity contribution in [2.75, 3.05) is 13.2 Å². The Hall–Kier alpha value is -0.570. The molecule has 3 rings (SSSR count). The molecule has 0 amide bonds. The summed E-state index contributed by atoms with van der Waals surface area (Å²) in [6.45, 7) is 3.69. The highest BCUT2D eigenvalue weighted by molar-refractivity contribution is 6.30. The summed E-state index contributed by atoms with van der Waals surface area (Å²) < 4.78 is 12.1. The highest BCUT2D eigenvalue weighted by atomic mass is 35.5.